The Bertz CT molecular complexity index is 560. The highest BCUT2D eigenvalue weighted by Gasteiger charge is 2.11. The summed E-state index contributed by atoms with van der Waals surface area (Å²) in [6, 6.07) is 8.37. The van der Waals surface area contributed by atoms with Gasteiger partial charge < -0.3 is 4.98 Å². The van der Waals surface area contributed by atoms with Gasteiger partial charge in [-0.1, -0.05) is 26.8 Å². The molecule has 0 saturated carbocycles. The first-order valence-electron chi connectivity index (χ1n) is 6.04. The van der Waals surface area contributed by atoms with Gasteiger partial charge in [-0.2, -0.15) is 5.26 Å². The summed E-state index contributed by atoms with van der Waals surface area (Å²) in [7, 11) is 0. The van der Waals surface area contributed by atoms with E-state index in [1.165, 1.54) is 0 Å². The fraction of sp³-hybridized carbons (Fsp3) is 0.429. The van der Waals surface area contributed by atoms with E-state index in [0.29, 0.717) is 5.92 Å². The Morgan fingerprint density at radius 3 is 2.76 bits per heavy atom. The van der Waals surface area contributed by atoms with Crippen LogP contribution in [0.15, 0.2) is 18.2 Å². The smallest absolute Gasteiger partial charge is 0.109 e. The average Bonchev–Trinajstić information content (AvgIpc) is 2.74. The van der Waals surface area contributed by atoms with Crippen LogP contribution in [-0.2, 0) is 0 Å². The van der Waals surface area contributed by atoms with Crippen molar-refractivity contribution < 1.29 is 0 Å². The van der Waals surface area contributed by atoms with Crippen molar-refractivity contribution in [3.05, 3.63) is 29.6 Å². The Morgan fingerprint density at radius 1 is 1.41 bits per heavy atom. The Labute approximate surface area is 101 Å². The number of nitrogens with zero attached hydrogens (tertiary/aromatic N) is 2. The van der Waals surface area contributed by atoms with Crippen LogP contribution in [0.5, 0.6) is 0 Å². The second-order valence-electron chi connectivity index (χ2n) is 4.64. The maximum Gasteiger partial charge on any atom is 0.109 e. The molecule has 1 aromatic heterocycles. The second-order valence-corrected chi connectivity index (χ2v) is 4.64. The number of hydrogen-bond donors (Lipinski definition) is 1. The molecule has 0 fully saturated rings. The van der Waals surface area contributed by atoms with E-state index in [9.17, 15) is 0 Å². The predicted molar refractivity (Wildman–Crippen MR) is 68.8 cm³/mol. The van der Waals surface area contributed by atoms with E-state index >= 15 is 0 Å². The van der Waals surface area contributed by atoms with Gasteiger partial charge in [0.25, 0.3) is 0 Å². The van der Waals surface area contributed by atoms with Crippen LogP contribution in [0.4, 0.5) is 0 Å². The Morgan fingerprint density at radius 2 is 2.18 bits per heavy atom. The van der Waals surface area contributed by atoms with Crippen molar-refractivity contribution in [3.63, 3.8) is 0 Å². The molecule has 1 unspecified atom stereocenters. The van der Waals surface area contributed by atoms with Crippen molar-refractivity contribution in [1.29, 1.82) is 5.26 Å². The number of nitrogens with one attached hydrogen (secondary N) is 1. The van der Waals surface area contributed by atoms with E-state index in [-0.39, 0.29) is 5.92 Å². The fourth-order valence-electron chi connectivity index (χ4n) is 1.94. The molecule has 3 nitrogen and oxygen atoms in total. The first-order chi connectivity index (χ1) is 8.15. The molecule has 1 N–H and O–H groups in total. The molecule has 0 aliphatic rings. The number of rotatable bonds is 3. The summed E-state index contributed by atoms with van der Waals surface area (Å²) >= 11 is 0. The van der Waals surface area contributed by atoms with Crippen molar-refractivity contribution in [2.45, 2.75) is 39.0 Å². The Kier molecular flexibility index (Phi) is 3.14. The van der Waals surface area contributed by atoms with Crippen LogP contribution >= 0.6 is 0 Å². The topological polar surface area (TPSA) is 52.5 Å². The average molecular weight is 227 g/mol. The summed E-state index contributed by atoms with van der Waals surface area (Å²) in [5.41, 5.74) is 3.08. The van der Waals surface area contributed by atoms with E-state index < -0.39 is 0 Å². The van der Waals surface area contributed by atoms with Gasteiger partial charge in [-0.05, 0) is 24.1 Å². The first-order valence-corrected chi connectivity index (χ1v) is 6.04. The van der Waals surface area contributed by atoms with Crippen molar-refractivity contribution in [2.24, 2.45) is 0 Å². The summed E-state index contributed by atoms with van der Waals surface area (Å²) in [6.07, 6.45) is 0.840. The highest BCUT2D eigenvalue weighted by Crippen LogP contribution is 2.23. The molecule has 1 heterocycles. The Hall–Kier alpha value is -1.82. The SMILES string of the molecule is CCC(C#N)c1ccc2nc(C(C)C)[nH]c2c1. The van der Waals surface area contributed by atoms with Crippen LogP contribution in [0.3, 0.4) is 0 Å². The lowest BCUT2D eigenvalue weighted by atomic mass is 9.98. The molecular weight excluding hydrogens is 210 g/mol. The molecule has 1 atom stereocenters. The van der Waals surface area contributed by atoms with Gasteiger partial charge in [-0.3, -0.25) is 0 Å². The third kappa shape index (κ3) is 2.16. The molecule has 17 heavy (non-hydrogen) atoms. The summed E-state index contributed by atoms with van der Waals surface area (Å²) in [6.45, 7) is 6.26. The molecule has 3 heteroatoms. The van der Waals surface area contributed by atoms with Crippen molar-refractivity contribution in [1.82, 2.24) is 9.97 Å². The number of nitriles is 1. The van der Waals surface area contributed by atoms with E-state index in [4.69, 9.17) is 5.26 Å². The summed E-state index contributed by atoms with van der Waals surface area (Å²) in [4.78, 5) is 7.84. The van der Waals surface area contributed by atoms with Crippen molar-refractivity contribution in [2.75, 3.05) is 0 Å². The number of aromatic nitrogens is 2. The second kappa shape index (κ2) is 4.58. The van der Waals surface area contributed by atoms with Gasteiger partial charge in [0, 0.05) is 5.92 Å². The van der Waals surface area contributed by atoms with Crippen LogP contribution in [0.1, 0.15) is 50.4 Å². The maximum absolute atomic E-state index is 9.07. The van der Waals surface area contributed by atoms with Crippen LogP contribution in [0.2, 0.25) is 0 Å². The molecule has 2 rings (SSSR count). The molecule has 0 radical (unpaired) electrons. The quantitative estimate of drug-likeness (QED) is 0.869. The van der Waals surface area contributed by atoms with Crippen LogP contribution in [0, 0.1) is 11.3 Å². The molecule has 1 aromatic carbocycles. The summed E-state index contributed by atoms with van der Waals surface area (Å²) < 4.78 is 0. The third-order valence-corrected chi connectivity index (χ3v) is 3.04. The maximum atomic E-state index is 9.07. The zero-order valence-corrected chi connectivity index (χ0v) is 10.5. The zero-order chi connectivity index (χ0) is 12.4. The number of fused-ring (bicyclic) bond motifs is 1. The van der Waals surface area contributed by atoms with Gasteiger partial charge in [0.1, 0.15) is 5.82 Å². The van der Waals surface area contributed by atoms with Gasteiger partial charge in [-0.15, -0.1) is 0 Å². The molecule has 0 bridgehead atoms. The lowest BCUT2D eigenvalue weighted by Crippen LogP contribution is -1.92. The molecule has 2 aromatic rings. The number of benzene rings is 1. The van der Waals surface area contributed by atoms with Crippen molar-refractivity contribution >= 4 is 11.0 Å². The highest BCUT2D eigenvalue weighted by atomic mass is 14.9. The van der Waals surface area contributed by atoms with Gasteiger partial charge in [-0.25, -0.2) is 4.98 Å². The third-order valence-electron chi connectivity index (χ3n) is 3.04. The largest absolute Gasteiger partial charge is 0.342 e. The van der Waals surface area contributed by atoms with Crippen LogP contribution in [-0.4, -0.2) is 9.97 Å². The summed E-state index contributed by atoms with van der Waals surface area (Å²) in [5, 5.41) is 9.07. The number of H-pyrrole nitrogens is 1. The Balaban J connectivity index is 2.47. The van der Waals surface area contributed by atoms with Crippen molar-refractivity contribution in [3.8, 4) is 6.07 Å². The minimum absolute atomic E-state index is 0.0230. The summed E-state index contributed by atoms with van der Waals surface area (Å²) in [5.74, 6) is 1.37. The standard InChI is InChI=1S/C14H17N3/c1-4-10(8-15)11-5-6-12-13(7-11)17-14(16-12)9(2)3/h5-7,9-10H,4H2,1-3H3,(H,16,17). The fourth-order valence-corrected chi connectivity index (χ4v) is 1.94. The molecule has 0 saturated heterocycles. The normalized spacial score (nSPS) is 12.9. The van der Waals surface area contributed by atoms with Gasteiger partial charge in [0.15, 0.2) is 0 Å². The number of hydrogen-bond acceptors (Lipinski definition) is 2. The first kappa shape index (κ1) is 11.7. The number of imidazole rings is 1. The minimum atomic E-state index is -0.0230. The molecule has 88 valence electrons. The predicted octanol–water partition coefficient (Wildman–Crippen LogP) is 3.70. The van der Waals surface area contributed by atoms with Gasteiger partial charge in [0.05, 0.1) is 23.0 Å². The zero-order valence-electron chi connectivity index (χ0n) is 10.5. The lowest BCUT2D eigenvalue weighted by molar-refractivity contribution is 0.799. The van der Waals surface area contributed by atoms with Crippen LogP contribution in [0.25, 0.3) is 11.0 Å². The molecule has 0 amide bonds. The molecule has 0 aliphatic heterocycles. The molecule has 0 aliphatic carbocycles. The molecule has 0 spiro atoms. The van der Waals surface area contributed by atoms with E-state index in [2.05, 4.69) is 29.9 Å². The van der Waals surface area contributed by atoms with E-state index in [1.54, 1.807) is 0 Å². The minimum Gasteiger partial charge on any atom is -0.342 e. The van der Waals surface area contributed by atoms with Crippen LogP contribution < -0.4 is 0 Å². The highest BCUT2D eigenvalue weighted by molar-refractivity contribution is 5.76. The molecular formula is C14H17N3. The lowest BCUT2D eigenvalue weighted by Gasteiger charge is -2.05. The van der Waals surface area contributed by atoms with E-state index in [0.717, 1.165) is 28.8 Å². The van der Waals surface area contributed by atoms with Gasteiger partial charge in [0.2, 0.25) is 0 Å². The monoisotopic (exact) mass is 227 g/mol. The number of aromatic amines is 1. The van der Waals surface area contributed by atoms with Gasteiger partial charge >= 0.3 is 0 Å². The van der Waals surface area contributed by atoms with E-state index in [1.807, 2.05) is 25.1 Å².